The number of rotatable bonds is 6. The molecule has 1 heterocycles. The van der Waals surface area contributed by atoms with Crippen LogP contribution in [0.15, 0.2) is 42.5 Å². The summed E-state index contributed by atoms with van der Waals surface area (Å²) >= 11 is 0. The van der Waals surface area contributed by atoms with Gasteiger partial charge in [-0.2, -0.15) is 10.5 Å². The Kier molecular flexibility index (Phi) is 5.71. The highest BCUT2D eigenvalue weighted by Crippen LogP contribution is 2.32. The molecule has 29 heavy (non-hydrogen) atoms. The molecule has 0 saturated heterocycles. The van der Waals surface area contributed by atoms with Gasteiger partial charge in [0.1, 0.15) is 11.8 Å². The summed E-state index contributed by atoms with van der Waals surface area (Å²) in [6, 6.07) is 18.1. The number of aromatic nitrogens is 1. The molecule has 0 fully saturated rings. The van der Waals surface area contributed by atoms with E-state index in [-0.39, 0.29) is 0 Å². The lowest BCUT2D eigenvalue weighted by molar-refractivity contribution is 0.395. The molecule has 0 aliphatic rings. The van der Waals surface area contributed by atoms with Crippen molar-refractivity contribution in [2.45, 2.75) is 32.1 Å². The molecular weight excluding hydrogens is 362 g/mol. The summed E-state index contributed by atoms with van der Waals surface area (Å²) < 4.78 is 10.6. The van der Waals surface area contributed by atoms with Gasteiger partial charge >= 0.3 is 0 Å². The summed E-state index contributed by atoms with van der Waals surface area (Å²) in [5, 5.41) is 20.4. The third-order valence-electron chi connectivity index (χ3n) is 5.26. The van der Waals surface area contributed by atoms with Crippen molar-refractivity contribution >= 4 is 10.9 Å². The van der Waals surface area contributed by atoms with Crippen molar-refractivity contribution in [3.63, 3.8) is 0 Å². The molecule has 0 saturated carbocycles. The lowest BCUT2D eigenvalue weighted by Gasteiger charge is -2.23. The first-order valence-electron chi connectivity index (χ1n) is 9.44. The molecule has 3 aromatic rings. The van der Waals surface area contributed by atoms with Crippen molar-refractivity contribution in [1.82, 2.24) is 4.98 Å². The van der Waals surface area contributed by atoms with Crippen molar-refractivity contribution in [2.24, 2.45) is 0 Å². The maximum absolute atomic E-state index is 10.00. The van der Waals surface area contributed by atoms with Crippen LogP contribution < -0.4 is 9.47 Å². The molecule has 3 rings (SSSR count). The highest BCUT2D eigenvalue weighted by molar-refractivity contribution is 5.81. The van der Waals surface area contributed by atoms with E-state index in [0.29, 0.717) is 23.6 Å². The standard InChI is InChI=1S/C24H23N3O2/c1-5-17-11-18-7-8-20(12-21(18)27-23(17)29-4)24(2,15-26)13-16-6-9-22(28-3)19(10-16)14-25/h6-12H,5,13H2,1-4H3. The second-order valence-electron chi connectivity index (χ2n) is 7.18. The number of nitrogens with zero attached hydrogens (tertiary/aromatic N) is 3. The zero-order chi connectivity index (χ0) is 21.0. The van der Waals surface area contributed by atoms with E-state index in [2.05, 4.69) is 30.1 Å². The fourth-order valence-corrected chi connectivity index (χ4v) is 3.53. The molecule has 146 valence electrons. The van der Waals surface area contributed by atoms with Crippen LogP contribution in [0, 0.1) is 22.7 Å². The van der Waals surface area contributed by atoms with Crippen LogP contribution in [0.4, 0.5) is 0 Å². The Morgan fingerprint density at radius 1 is 1.03 bits per heavy atom. The molecule has 0 N–H and O–H groups in total. The van der Waals surface area contributed by atoms with Crippen molar-refractivity contribution in [2.75, 3.05) is 14.2 Å². The maximum Gasteiger partial charge on any atom is 0.216 e. The van der Waals surface area contributed by atoms with E-state index in [0.717, 1.165) is 34.0 Å². The number of benzene rings is 2. The van der Waals surface area contributed by atoms with Gasteiger partial charge in [0.15, 0.2) is 0 Å². The lowest BCUT2D eigenvalue weighted by Crippen LogP contribution is -2.23. The Morgan fingerprint density at radius 2 is 1.83 bits per heavy atom. The minimum absolute atomic E-state index is 0.460. The molecule has 0 aliphatic heterocycles. The van der Waals surface area contributed by atoms with Crippen LogP contribution in [0.1, 0.15) is 36.1 Å². The van der Waals surface area contributed by atoms with Crippen molar-refractivity contribution in [3.8, 4) is 23.8 Å². The summed E-state index contributed by atoms with van der Waals surface area (Å²) in [5.41, 5.74) is 3.32. The Morgan fingerprint density at radius 3 is 2.45 bits per heavy atom. The number of hydrogen-bond donors (Lipinski definition) is 0. The molecule has 5 heteroatoms. The number of nitriles is 2. The molecule has 0 bridgehead atoms. The average Bonchev–Trinajstić information content (AvgIpc) is 2.77. The van der Waals surface area contributed by atoms with Crippen molar-refractivity contribution in [3.05, 3.63) is 64.7 Å². The minimum atomic E-state index is -0.770. The molecule has 1 atom stereocenters. The van der Waals surface area contributed by atoms with Crippen LogP contribution in [-0.4, -0.2) is 19.2 Å². The normalized spacial score (nSPS) is 12.6. The van der Waals surface area contributed by atoms with Gasteiger partial charge in [-0.1, -0.05) is 25.1 Å². The number of fused-ring (bicyclic) bond motifs is 1. The van der Waals surface area contributed by atoms with Gasteiger partial charge in [-0.05, 0) is 55.2 Å². The topological polar surface area (TPSA) is 78.9 Å². The average molecular weight is 385 g/mol. The van der Waals surface area contributed by atoms with E-state index < -0.39 is 5.41 Å². The summed E-state index contributed by atoms with van der Waals surface area (Å²) in [6.45, 7) is 3.97. The minimum Gasteiger partial charge on any atom is -0.495 e. The first kappa shape index (κ1) is 20.2. The maximum atomic E-state index is 10.00. The van der Waals surface area contributed by atoms with E-state index in [9.17, 15) is 10.5 Å². The molecule has 0 amide bonds. The van der Waals surface area contributed by atoms with Crippen molar-refractivity contribution in [1.29, 1.82) is 10.5 Å². The molecule has 5 nitrogen and oxygen atoms in total. The monoisotopic (exact) mass is 385 g/mol. The van der Waals surface area contributed by atoms with Crippen molar-refractivity contribution < 1.29 is 9.47 Å². The van der Waals surface area contributed by atoms with E-state index in [1.807, 2.05) is 31.2 Å². The molecule has 1 unspecified atom stereocenters. The lowest BCUT2D eigenvalue weighted by atomic mass is 9.78. The Balaban J connectivity index is 2.03. The second-order valence-corrected chi connectivity index (χ2v) is 7.18. The quantitative estimate of drug-likeness (QED) is 0.614. The summed E-state index contributed by atoms with van der Waals surface area (Å²) in [7, 11) is 3.16. The zero-order valence-corrected chi connectivity index (χ0v) is 17.1. The number of pyridine rings is 1. The smallest absolute Gasteiger partial charge is 0.216 e. The molecule has 0 aliphatic carbocycles. The van der Waals surface area contributed by atoms with E-state index in [4.69, 9.17) is 9.47 Å². The van der Waals surface area contributed by atoms with Crippen LogP contribution >= 0.6 is 0 Å². The predicted molar refractivity (Wildman–Crippen MR) is 112 cm³/mol. The summed E-state index contributed by atoms with van der Waals surface area (Å²) in [5.74, 6) is 1.15. The summed E-state index contributed by atoms with van der Waals surface area (Å²) in [6.07, 6.45) is 1.31. The SMILES string of the molecule is CCc1cc2ccc(C(C)(C#N)Cc3ccc(OC)c(C#N)c3)cc2nc1OC. The molecule has 0 spiro atoms. The molecule has 2 aromatic carbocycles. The third-order valence-corrected chi connectivity index (χ3v) is 5.26. The van der Waals surface area contributed by atoms with Gasteiger partial charge in [0.25, 0.3) is 0 Å². The Hall–Kier alpha value is -3.57. The van der Waals surface area contributed by atoms with Gasteiger partial charge in [-0.15, -0.1) is 0 Å². The number of hydrogen-bond acceptors (Lipinski definition) is 5. The molecule has 1 aromatic heterocycles. The highest BCUT2D eigenvalue weighted by Gasteiger charge is 2.28. The van der Waals surface area contributed by atoms with Crippen LogP contribution in [0.5, 0.6) is 11.6 Å². The number of aryl methyl sites for hydroxylation is 1. The fraction of sp³-hybridized carbons (Fsp3) is 0.292. The van der Waals surface area contributed by atoms with Crippen LogP contribution in [0.3, 0.4) is 0 Å². The van der Waals surface area contributed by atoms with E-state index >= 15 is 0 Å². The first-order valence-corrected chi connectivity index (χ1v) is 9.44. The zero-order valence-electron chi connectivity index (χ0n) is 17.1. The molecule has 0 radical (unpaired) electrons. The largest absolute Gasteiger partial charge is 0.495 e. The van der Waals surface area contributed by atoms with Crippen LogP contribution in [0.2, 0.25) is 0 Å². The van der Waals surface area contributed by atoms with Gasteiger partial charge in [0, 0.05) is 10.9 Å². The Labute approximate surface area is 171 Å². The first-order chi connectivity index (χ1) is 14.0. The van der Waals surface area contributed by atoms with Gasteiger partial charge in [0.05, 0.1) is 36.8 Å². The van der Waals surface area contributed by atoms with E-state index in [1.54, 1.807) is 19.2 Å². The van der Waals surface area contributed by atoms with Gasteiger partial charge in [0.2, 0.25) is 5.88 Å². The highest BCUT2D eigenvalue weighted by atomic mass is 16.5. The number of methoxy groups -OCH3 is 2. The Bertz CT molecular complexity index is 1140. The fourth-order valence-electron chi connectivity index (χ4n) is 3.53. The van der Waals surface area contributed by atoms with Crippen LogP contribution in [0.25, 0.3) is 10.9 Å². The van der Waals surface area contributed by atoms with Gasteiger partial charge in [-0.25, -0.2) is 4.98 Å². The summed E-state index contributed by atoms with van der Waals surface area (Å²) in [4.78, 5) is 4.64. The second kappa shape index (κ2) is 8.20. The van der Waals surface area contributed by atoms with Gasteiger partial charge in [-0.3, -0.25) is 0 Å². The van der Waals surface area contributed by atoms with E-state index in [1.165, 1.54) is 7.11 Å². The predicted octanol–water partition coefficient (Wildman–Crippen LogP) is 4.71. The number of ether oxygens (including phenoxy) is 2. The van der Waals surface area contributed by atoms with Crippen LogP contribution in [-0.2, 0) is 18.3 Å². The third kappa shape index (κ3) is 3.86. The molecular formula is C24H23N3O2. The van der Waals surface area contributed by atoms with Gasteiger partial charge < -0.3 is 9.47 Å².